The third-order valence-corrected chi connectivity index (χ3v) is 4.79. The first-order valence-electron chi connectivity index (χ1n) is 9.40. The molecule has 1 amide bonds. The Bertz CT molecular complexity index is 1310. The van der Waals surface area contributed by atoms with Gasteiger partial charge in [0.1, 0.15) is 11.6 Å². The van der Waals surface area contributed by atoms with Crippen molar-refractivity contribution in [1.29, 1.82) is 0 Å². The molecule has 4 rings (SSSR count). The predicted octanol–water partition coefficient (Wildman–Crippen LogP) is 4.25. The molecule has 0 saturated carbocycles. The number of fused-ring (bicyclic) bond motifs is 1. The lowest BCUT2D eigenvalue weighted by atomic mass is 10.2. The molecule has 0 bridgehead atoms. The largest absolute Gasteiger partial charge is 0.484 e. The van der Waals surface area contributed by atoms with Crippen molar-refractivity contribution in [1.82, 2.24) is 9.55 Å². The highest BCUT2D eigenvalue weighted by Gasteiger charge is 2.09. The molecule has 1 N–H and O–H groups in total. The number of carbonyl (C=O) groups excluding carboxylic acids is 1. The Balaban J connectivity index is 1.49. The molecule has 0 atom stereocenters. The van der Waals surface area contributed by atoms with Crippen LogP contribution in [0.4, 0.5) is 10.1 Å². The van der Waals surface area contributed by atoms with Crippen LogP contribution in [-0.2, 0) is 11.3 Å². The molecule has 1 aromatic heterocycles. The lowest BCUT2D eigenvalue weighted by molar-refractivity contribution is -0.118. The minimum atomic E-state index is -0.449. The second-order valence-electron chi connectivity index (χ2n) is 6.83. The van der Waals surface area contributed by atoms with Crippen molar-refractivity contribution in [2.45, 2.75) is 6.54 Å². The van der Waals surface area contributed by atoms with Gasteiger partial charge in [-0.15, -0.1) is 0 Å². The third kappa shape index (κ3) is 5.07. The van der Waals surface area contributed by atoms with Gasteiger partial charge in [0.15, 0.2) is 6.61 Å². The van der Waals surface area contributed by atoms with Gasteiger partial charge in [-0.1, -0.05) is 29.8 Å². The average Bonchev–Trinajstić information content (AvgIpc) is 2.76. The number of hydrogen-bond acceptors (Lipinski definition) is 4. The zero-order chi connectivity index (χ0) is 21.8. The Morgan fingerprint density at radius 3 is 2.68 bits per heavy atom. The number of ether oxygens (including phenoxy) is 1. The summed E-state index contributed by atoms with van der Waals surface area (Å²) in [5.41, 5.74) is 1.63. The summed E-state index contributed by atoms with van der Waals surface area (Å²) in [6.45, 7) is 0.0479. The topological polar surface area (TPSA) is 73.2 Å². The van der Waals surface area contributed by atoms with E-state index in [2.05, 4.69) is 10.3 Å². The Morgan fingerprint density at radius 2 is 1.90 bits per heavy atom. The zero-order valence-electron chi connectivity index (χ0n) is 16.2. The van der Waals surface area contributed by atoms with Crippen LogP contribution in [0.3, 0.4) is 0 Å². The number of nitrogens with zero attached hydrogens (tertiary/aromatic N) is 2. The number of amides is 1. The van der Waals surface area contributed by atoms with Crippen molar-refractivity contribution in [3.8, 4) is 5.75 Å². The van der Waals surface area contributed by atoms with Gasteiger partial charge in [0.05, 0.1) is 23.8 Å². The van der Waals surface area contributed by atoms with Crippen molar-refractivity contribution in [3.05, 3.63) is 99.8 Å². The molecule has 0 saturated heterocycles. The van der Waals surface area contributed by atoms with Crippen LogP contribution < -0.4 is 15.6 Å². The van der Waals surface area contributed by atoms with Crippen LogP contribution >= 0.6 is 11.6 Å². The molecule has 0 radical (unpaired) electrons. The van der Waals surface area contributed by atoms with Crippen LogP contribution in [0, 0.1) is 5.82 Å². The maximum Gasteiger partial charge on any atom is 0.262 e. The number of nitrogens with one attached hydrogen (secondary N) is 1. The summed E-state index contributed by atoms with van der Waals surface area (Å²) in [6.07, 6.45) is 1.49. The Hall–Kier alpha value is -3.71. The van der Waals surface area contributed by atoms with Crippen molar-refractivity contribution >= 4 is 34.1 Å². The summed E-state index contributed by atoms with van der Waals surface area (Å²) in [4.78, 5) is 29.4. The van der Waals surface area contributed by atoms with Crippen LogP contribution in [-0.4, -0.2) is 22.1 Å². The van der Waals surface area contributed by atoms with E-state index in [0.29, 0.717) is 28.2 Å². The quantitative estimate of drug-likeness (QED) is 0.489. The Morgan fingerprint density at radius 1 is 1.10 bits per heavy atom. The first-order valence-corrected chi connectivity index (χ1v) is 9.77. The molecule has 8 heteroatoms. The normalized spacial score (nSPS) is 10.8. The van der Waals surface area contributed by atoms with Gasteiger partial charge < -0.3 is 10.1 Å². The third-order valence-electron chi connectivity index (χ3n) is 4.54. The van der Waals surface area contributed by atoms with Gasteiger partial charge in [0.25, 0.3) is 11.5 Å². The molecule has 4 aromatic rings. The molecule has 0 aliphatic rings. The molecule has 3 aromatic carbocycles. The predicted molar refractivity (Wildman–Crippen MR) is 117 cm³/mol. The van der Waals surface area contributed by atoms with Crippen LogP contribution in [0.1, 0.15) is 5.56 Å². The molecule has 156 valence electrons. The van der Waals surface area contributed by atoms with Crippen molar-refractivity contribution in [3.63, 3.8) is 0 Å². The van der Waals surface area contributed by atoms with Crippen LogP contribution in [0.15, 0.2) is 77.9 Å². The second kappa shape index (κ2) is 8.97. The van der Waals surface area contributed by atoms with Crippen LogP contribution in [0.2, 0.25) is 5.02 Å². The van der Waals surface area contributed by atoms with E-state index in [1.54, 1.807) is 36.4 Å². The van der Waals surface area contributed by atoms with E-state index >= 15 is 0 Å². The van der Waals surface area contributed by atoms with E-state index in [1.807, 2.05) is 12.1 Å². The number of hydrogen-bond donors (Lipinski definition) is 1. The fraction of sp³-hybridized carbons (Fsp3) is 0.0870. The second-order valence-corrected chi connectivity index (χ2v) is 7.27. The van der Waals surface area contributed by atoms with Gasteiger partial charge in [-0.3, -0.25) is 14.2 Å². The first-order chi connectivity index (χ1) is 15.0. The molecule has 0 aliphatic carbocycles. The van der Waals surface area contributed by atoms with E-state index in [0.717, 1.165) is 5.56 Å². The zero-order valence-corrected chi connectivity index (χ0v) is 17.0. The maximum absolute atomic E-state index is 13.2. The lowest BCUT2D eigenvalue weighted by Crippen LogP contribution is -2.22. The van der Waals surface area contributed by atoms with Gasteiger partial charge in [-0.2, -0.15) is 0 Å². The summed E-state index contributed by atoms with van der Waals surface area (Å²) < 4.78 is 20.0. The number of halogens is 2. The van der Waals surface area contributed by atoms with Gasteiger partial charge in [-0.05, 0) is 48.0 Å². The summed E-state index contributed by atoms with van der Waals surface area (Å²) in [6, 6.07) is 17.6. The highest BCUT2D eigenvalue weighted by Crippen LogP contribution is 2.16. The molecular weight excluding hydrogens is 421 g/mol. The van der Waals surface area contributed by atoms with Crippen molar-refractivity contribution in [2.24, 2.45) is 0 Å². The summed E-state index contributed by atoms with van der Waals surface area (Å²) in [5, 5.41) is 3.67. The Kier molecular flexibility index (Phi) is 5.95. The molecule has 0 spiro atoms. The Labute approximate surface area is 181 Å². The summed E-state index contributed by atoms with van der Waals surface area (Å²) in [5.74, 6) is -0.633. The fourth-order valence-corrected chi connectivity index (χ4v) is 3.16. The molecule has 0 fully saturated rings. The fourth-order valence-electron chi connectivity index (χ4n) is 3.04. The maximum atomic E-state index is 13.2. The average molecular weight is 438 g/mol. The lowest BCUT2D eigenvalue weighted by Gasteiger charge is -2.10. The monoisotopic (exact) mass is 437 g/mol. The smallest absolute Gasteiger partial charge is 0.262 e. The van der Waals surface area contributed by atoms with E-state index in [-0.39, 0.29) is 17.9 Å². The number of carbonyl (C=O) groups is 1. The van der Waals surface area contributed by atoms with Gasteiger partial charge in [0, 0.05) is 16.8 Å². The molecule has 6 nitrogen and oxygen atoms in total. The van der Waals surface area contributed by atoms with Gasteiger partial charge >= 0.3 is 0 Å². The summed E-state index contributed by atoms with van der Waals surface area (Å²) in [7, 11) is 0. The standard InChI is InChI=1S/C23H17ClFN3O3/c24-16-6-4-15(5-7-16)12-28-14-26-21-9-8-18(11-20(21)23(28)30)27-22(29)13-31-19-3-1-2-17(25)10-19/h1-11,14H,12-13H2,(H,27,29). The minimum Gasteiger partial charge on any atom is -0.484 e. The van der Waals surface area contributed by atoms with Crippen LogP contribution in [0.5, 0.6) is 5.75 Å². The van der Waals surface area contributed by atoms with Gasteiger partial charge in [0.2, 0.25) is 0 Å². The molecule has 1 heterocycles. The van der Waals surface area contributed by atoms with Crippen molar-refractivity contribution in [2.75, 3.05) is 11.9 Å². The van der Waals surface area contributed by atoms with E-state index in [1.165, 1.54) is 29.1 Å². The SMILES string of the molecule is O=C(COc1cccc(F)c1)Nc1ccc2ncn(Cc3ccc(Cl)cc3)c(=O)c2c1. The molecule has 0 aliphatic heterocycles. The molecular formula is C23H17ClFN3O3. The van der Waals surface area contributed by atoms with Crippen molar-refractivity contribution < 1.29 is 13.9 Å². The van der Waals surface area contributed by atoms with E-state index in [9.17, 15) is 14.0 Å². The minimum absolute atomic E-state index is 0.230. The highest BCUT2D eigenvalue weighted by atomic mass is 35.5. The molecule has 31 heavy (non-hydrogen) atoms. The van der Waals surface area contributed by atoms with Crippen LogP contribution in [0.25, 0.3) is 10.9 Å². The van der Waals surface area contributed by atoms with Gasteiger partial charge in [-0.25, -0.2) is 9.37 Å². The number of benzene rings is 3. The number of aromatic nitrogens is 2. The number of anilines is 1. The number of rotatable bonds is 6. The summed E-state index contributed by atoms with van der Waals surface area (Å²) >= 11 is 5.91. The highest BCUT2D eigenvalue weighted by molar-refractivity contribution is 6.30. The molecule has 0 unspecified atom stereocenters. The first kappa shape index (κ1) is 20.6. The van der Waals surface area contributed by atoms with E-state index in [4.69, 9.17) is 16.3 Å². The van der Waals surface area contributed by atoms with E-state index < -0.39 is 11.7 Å².